The number of carbonyl (C=O) groups is 3. The fourth-order valence-corrected chi connectivity index (χ4v) is 4.05. The number of carboxylic acids is 1. The van der Waals surface area contributed by atoms with Gasteiger partial charge in [0.15, 0.2) is 0 Å². The lowest BCUT2D eigenvalue weighted by Crippen LogP contribution is -2.26. The second-order valence-electron chi connectivity index (χ2n) is 8.12. The SMILES string of the molecule is CC(C(=O)O)c1ccc(NC(=O)C#CCNC(=O)OCC2c3ccccc3-c3ccccc32)cc1. The van der Waals surface area contributed by atoms with Crippen LogP contribution in [-0.4, -0.2) is 36.2 Å². The lowest BCUT2D eigenvalue weighted by Gasteiger charge is -2.14. The van der Waals surface area contributed by atoms with Gasteiger partial charge in [-0.05, 0) is 52.8 Å². The number of alkyl carbamates (subject to hydrolysis) is 1. The highest BCUT2D eigenvalue weighted by atomic mass is 16.5. The third-order valence-corrected chi connectivity index (χ3v) is 5.91. The molecule has 0 saturated heterocycles. The van der Waals surface area contributed by atoms with Crippen LogP contribution >= 0.6 is 0 Å². The minimum absolute atomic E-state index is 0.0325. The van der Waals surface area contributed by atoms with Crippen molar-refractivity contribution < 1.29 is 24.2 Å². The van der Waals surface area contributed by atoms with Crippen LogP contribution < -0.4 is 10.6 Å². The van der Waals surface area contributed by atoms with E-state index in [9.17, 15) is 14.4 Å². The van der Waals surface area contributed by atoms with E-state index >= 15 is 0 Å². The summed E-state index contributed by atoms with van der Waals surface area (Å²) >= 11 is 0. The second kappa shape index (κ2) is 10.6. The molecule has 3 aromatic carbocycles. The van der Waals surface area contributed by atoms with Gasteiger partial charge in [0.25, 0.3) is 5.91 Å². The van der Waals surface area contributed by atoms with E-state index in [0.29, 0.717) is 11.3 Å². The minimum Gasteiger partial charge on any atom is -0.481 e. The molecule has 3 aromatic rings. The first-order chi connectivity index (χ1) is 16.9. The average molecular weight is 469 g/mol. The number of amides is 2. The molecule has 0 aromatic heterocycles. The molecule has 3 N–H and O–H groups in total. The Hall–Kier alpha value is -4.57. The largest absolute Gasteiger partial charge is 0.481 e. The Morgan fingerprint density at radius 2 is 1.54 bits per heavy atom. The Labute approximate surface area is 203 Å². The van der Waals surface area contributed by atoms with E-state index in [4.69, 9.17) is 9.84 Å². The van der Waals surface area contributed by atoms with Crippen LogP contribution in [0, 0.1) is 11.8 Å². The van der Waals surface area contributed by atoms with Gasteiger partial charge in [0, 0.05) is 11.6 Å². The summed E-state index contributed by atoms with van der Waals surface area (Å²) < 4.78 is 5.43. The van der Waals surface area contributed by atoms with Gasteiger partial charge in [-0.25, -0.2) is 4.79 Å². The summed E-state index contributed by atoms with van der Waals surface area (Å²) in [5.74, 6) is 2.86. The second-order valence-corrected chi connectivity index (χ2v) is 8.12. The van der Waals surface area contributed by atoms with Crippen LogP contribution in [0.1, 0.15) is 35.4 Å². The maximum Gasteiger partial charge on any atom is 0.407 e. The summed E-state index contributed by atoms with van der Waals surface area (Å²) in [6.07, 6.45) is -0.607. The van der Waals surface area contributed by atoms with Gasteiger partial charge in [-0.2, -0.15) is 0 Å². The molecule has 35 heavy (non-hydrogen) atoms. The normalized spacial score (nSPS) is 12.4. The van der Waals surface area contributed by atoms with Gasteiger partial charge >= 0.3 is 12.1 Å². The van der Waals surface area contributed by atoms with E-state index in [2.05, 4.69) is 34.6 Å². The molecular formula is C28H24N2O5. The van der Waals surface area contributed by atoms with Gasteiger partial charge in [-0.3, -0.25) is 9.59 Å². The molecule has 0 radical (unpaired) electrons. The van der Waals surface area contributed by atoms with Crippen molar-refractivity contribution in [3.05, 3.63) is 89.5 Å². The zero-order valence-electron chi connectivity index (χ0n) is 19.1. The summed E-state index contributed by atoms with van der Waals surface area (Å²) in [4.78, 5) is 35.2. The molecule has 176 valence electrons. The van der Waals surface area contributed by atoms with Gasteiger partial charge in [0.05, 0.1) is 12.5 Å². The number of carboxylic acid groups (broad SMARTS) is 1. The third-order valence-electron chi connectivity index (χ3n) is 5.91. The van der Waals surface area contributed by atoms with Crippen LogP contribution in [0.3, 0.4) is 0 Å². The summed E-state index contributed by atoms with van der Waals surface area (Å²) in [5.41, 5.74) is 5.69. The van der Waals surface area contributed by atoms with Gasteiger partial charge < -0.3 is 20.5 Å². The number of benzene rings is 3. The number of hydrogen-bond donors (Lipinski definition) is 3. The Morgan fingerprint density at radius 3 is 2.14 bits per heavy atom. The molecule has 1 unspecified atom stereocenters. The van der Waals surface area contributed by atoms with E-state index in [0.717, 1.165) is 22.3 Å². The highest BCUT2D eigenvalue weighted by Crippen LogP contribution is 2.44. The highest BCUT2D eigenvalue weighted by molar-refractivity contribution is 6.04. The van der Waals surface area contributed by atoms with Crippen molar-refractivity contribution in [3.63, 3.8) is 0 Å². The molecule has 0 aliphatic heterocycles. The third kappa shape index (κ3) is 5.50. The van der Waals surface area contributed by atoms with E-state index in [1.165, 1.54) is 0 Å². The predicted octanol–water partition coefficient (Wildman–Crippen LogP) is 4.36. The van der Waals surface area contributed by atoms with E-state index in [-0.39, 0.29) is 19.1 Å². The number of nitrogens with one attached hydrogen (secondary N) is 2. The zero-order valence-corrected chi connectivity index (χ0v) is 19.1. The molecule has 0 heterocycles. The van der Waals surface area contributed by atoms with Crippen LogP contribution in [-0.2, 0) is 14.3 Å². The van der Waals surface area contributed by atoms with Crippen LogP contribution in [0.5, 0.6) is 0 Å². The van der Waals surface area contributed by atoms with Gasteiger partial charge in [-0.1, -0.05) is 66.6 Å². The molecule has 1 aliphatic carbocycles. The Bertz CT molecular complexity index is 1280. The standard InChI is InChI=1S/C28H24N2O5/c1-18(27(32)33)19-12-14-20(15-13-19)30-26(31)11-6-16-29-28(34)35-17-25-23-9-4-2-7-21(23)22-8-3-5-10-24(22)25/h2-5,7-10,12-15,18,25H,16-17H2,1H3,(H,29,34)(H,30,31)(H,32,33). The zero-order chi connectivity index (χ0) is 24.8. The molecule has 0 bridgehead atoms. The number of aliphatic carboxylic acids is 1. The predicted molar refractivity (Wildman–Crippen MR) is 132 cm³/mol. The smallest absolute Gasteiger partial charge is 0.407 e. The molecule has 2 amide bonds. The Morgan fingerprint density at radius 1 is 0.943 bits per heavy atom. The van der Waals surface area contributed by atoms with Crippen molar-refractivity contribution in [3.8, 4) is 23.0 Å². The molecule has 4 rings (SSSR count). The number of carbonyl (C=O) groups excluding carboxylic acids is 2. The van der Waals surface area contributed by atoms with Crippen molar-refractivity contribution in [2.24, 2.45) is 0 Å². The molecule has 0 spiro atoms. The first-order valence-corrected chi connectivity index (χ1v) is 11.2. The van der Waals surface area contributed by atoms with Crippen LogP contribution in [0.4, 0.5) is 10.5 Å². The number of fused-ring (bicyclic) bond motifs is 3. The van der Waals surface area contributed by atoms with E-state index in [1.807, 2.05) is 36.4 Å². The fraction of sp³-hybridized carbons (Fsp3) is 0.179. The van der Waals surface area contributed by atoms with Gasteiger partial charge in [0.1, 0.15) is 6.61 Å². The van der Waals surface area contributed by atoms with Crippen molar-refractivity contribution in [2.45, 2.75) is 18.8 Å². The van der Waals surface area contributed by atoms with Gasteiger partial charge in [-0.15, -0.1) is 0 Å². The quantitative estimate of drug-likeness (QED) is 0.467. The van der Waals surface area contributed by atoms with Gasteiger partial charge in [0.2, 0.25) is 0 Å². The number of anilines is 1. The Balaban J connectivity index is 1.24. The average Bonchev–Trinajstić information content (AvgIpc) is 3.19. The molecule has 1 aliphatic rings. The first-order valence-electron chi connectivity index (χ1n) is 11.2. The fourth-order valence-electron chi connectivity index (χ4n) is 4.05. The van der Waals surface area contributed by atoms with Crippen LogP contribution in [0.25, 0.3) is 11.1 Å². The van der Waals surface area contributed by atoms with E-state index < -0.39 is 23.9 Å². The monoisotopic (exact) mass is 468 g/mol. The maximum atomic E-state index is 12.2. The van der Waals surface area contributed by atoms with Crippen LogP contribution in [0.15, 0.2) is 72.8 Å². The summed E-state index contributed by atoms with van der Waals surface area (Å²) in [6.45, 7) is 1.74. The number of ether oxygens (including phenoxy) is 1. The molecule has 0 saturated carbocycles. The number of rotatable bonds is 6. The maximum absolute atomic E-state index is 12.2. The molecule has 1 atom stereocenters. The minimum atomic E-state index is -0.920. The van der Waals surface area contributed by atoms with Crippen molar-refractivity contribution in [1.82, 2.24) is 5.32 Å². The molecular weight excluding hydrogens is 444 g/mol. The lowest BCUT2D eigenvalue weighted by atomic mass is 9.98. The summed E-state index contributed by atoms with van der Waals surface area (Å²) in [7, 11) is 0. The van der Waals surface area contributed by atoms with Crippen molar-refractivity contribution >= 4 is 23.7 Å². The highest BCUT2D eigenvalue weighted by Gasteiger charge is 2.28. The van der Waals surface area contributed by atoms with E-state index in [1.54, 1.807) is 31.2 Å². The Kier molecular flexibility index (Phi) is 7.12. The summed E-state index contributed by atoms with van der Waals surface area (Å²) in [5, 5.41) is 14.2. The van der Waals surface area contributed by atoms with Crippen LogP contribution in [0.2, 0.25) is 0 Å². The first kappa shape index (κ1) is 23.6. The van der Waals surface area contributed by atoms with Crippen molar-refractivity contribution in [1.29, 1.82) is 0 Å². The topological polar surface area (TPSA) is 105 Å². The molecule has 7 heteroatoms. The van der Waals surface area contributed by atoms with Crippen molar-refractivity contribution in [2.75, 3.05) is 18.5 Å². The number of hydrogen-bond acceptors (Lipinski definition) is 4. The lowest BCUT2D eigenvalue weighted by molar-refractivity contribution is -0.138. The summed E-state index contributed by atoms with van der Waals surface area (Å²) in [6, 6.07) is 22.7. The molecule has 0 fully saturated rings. The molecule has 7 nitrogen and oxygen atoms in total.